The Morgan fingerprint density at radius 1 is 1.45 bits per heavy atom. The summed E-state index contributed by atoms with van der Waals surface area (Å²) in [6.07, 6.45) is 5.34. The molecule has 2 bridgehead atoms. The van der Waals surface area contributed by atoms with Gasteiger partial charge in [-0.2, -0.15) is 0 Å². The van der Waals surface area contributed by atoms with E-state index in [-0.39, 0.29) is 11.7 Å². The normalized spacial score (nSPS) is 51.9. The predicted octanol–water partition coefficient (Wildman–Crippen LogP) is 0.622. The molecule has 0 aromatic rings. The molecule has 5 nitrogen and oxygen atoms in total. The van der Waals surface area contributed by atoms with E-state index < -0.39 is 23.4 Å². The number of ether oxygens (including phenoxy) is 1. The zero-order chi connectivity index (χ0) is 15.3. The van der Waals surface area contributed by atoms with Crippen LogP contribution >= 0.6 is 0 Å². The van der Waals surface area contributed by atoms with Crippen LogP contribution in [-0.4, -0.2) is 57.8 Å². The third-order valence-electron chi connectivity index (χ3n) is 6.33. The number of allylic oxidation sites excluding steroid dienone is 1. The van der Waals surface area contributed by atoms with Crippen molar-refractivity contribution in [1.82, 2.24) is 4.90 Å². The summed E-state index contributed by atoms with van der Waals surface area (Å²) in [5.41, 5.74) is 4.30. The van der Waals surface area contributed by atoms with Gasteiger partial charge in [-0.1, -0.05) is 17.9 Å². The average Bonchev–Trinajstić information content (AvgIpc) is 2.78. The van der Waals surface area contributed by atoms with Crippen LogP contribution in [0.15, 0.2) is 40.9 Å². The number of aliphatic hydroxyl groups excluding tert-OH is 2. The first-order valence-corrected chi connectivity index (χ1v) is 7.85. The minimum Gasteiger partial charge on any atom is -0.502 e. The predicted molar refractivity (Wildman–Crippen MR) is 77.8 cm³/mol. The van der Waals surface area contributed by atoms with Gasteiger partial charge < -0.3 is 25.0 Å². The van der Waals surface area contributed by atoms with Crippen molar-refractivity contribution in [2.24, 2.45) is 11.3 Å². The highest BCUT2D eigenvalue weighted by Gasteiger charge is 2.71. The van der Waals surface area contributed by atoms with Gasteiger partial charge in [0.05, 0.1) is 0 Å². The van der Waals surface area contributed by atoms with Crippen LogP contribution in [0.3, 0.4) is 0 Å². The highest BCUT2D eigenvalue weighted by atomic mass is 16.7. The standard InChI is InChI=1S/C17H19NO4/c1-18-7-6-16-10-3-4-12(19)15(16)22-17(21)13(20)5-2-9(14(16)17)8-11(10)18/h2-3,5,10-11,13,15,19-21H,6-8H2,1H3/t10-,11+,13?,15-,16-,17+/m0/s1. The van der Waals surface area contributed by atoms with E-state index >= 15 is 0 Å². The van der Waals surface area contributed by atoms with Crippen molar-refractivity contribution in [2.45, 2.75) is 36.9 Å². The molecule has 116 valence electrons. The highest BCUT2D eigenvalue weighted by Crippen LogP contribution is 2.66. The second-order valence-corrected chi connectivity index (χ2v) is 7.16. The topological polar surface area (TPSA) is 73.2 Å². The van der Waals surface area contributed by atoms with E-state index in [2.05, 4.69) is 17.7 Å². The van der Waals surface area contributed by atoms with E-state index in [0.717, 1.165) is 30.5 Å². The van der Waals surface area contributed by atoms with E-state index in [9.17, 15) is 15.3 Å². The molecular weight excluding hydrogens is 282 g/mol. The lowest BCUT2D eigenvalue weighted by atomic mass is 9.52. The Bertz CT molecular complexity index is 703. The molecule has 3 aliphatic carbocycles. The second-order valence-electron chi connectivity index (χ2n) is 7.16. The summed E-state index contributed by atoms with van der Waals surface area (Å²) in [5, 5.41) is 31.7. The Morgan fingerprint density at radius 3 is 3.09 bits per heavy atom. The van der Waals surface area contributed by atoms with Gasteiger partial charge in [-0.25, -0.2) is 0 Å². The summed E-state index contributed by atoms with van der Waals surface area (Å²) in [5.74, 6) is -1.55. The molecule has 0 saturated carbocycles. The molecule has 1 spiro atoms. The highest BCUT2D eigenvalue weighted by molar-refractivity contribution is 5.52. The molecule has 5 rings (SSSR count). The van der Waals surface area contributed by atoms with Gasteiger partial charge in [-0.05, 0) is 38.1 Å². The zero-order valence-corrected chi connectivity index (χ0v) is 12.4. The van der Waals surface area contributed by atoms with Crippen molar-refractivity contribution in [3.05, 3.63) is 40.9 Å². The first-order valence-electron chi connectivity index (χ1n) is 7.85. The summed E-state index contributed by atoms with van der Waals surface area (Å²) in [6.45, 7) is 0.884. The third-order valence-corrected chi connectivity index (χ3v) is 6.33. The molecule has 0 aromatic heterocycles. The fourth-order valence-corrected chi connectivity index (χ4v) is 5.37. The number of hydrogen-bond donors (Lipinski definition) is 3. The molecule has 2 saturated heterocycles. The maximum Gasteiger partial charge on any atom is 0.220 e. The van der Waals surface area contributed by atoms with Crippen molar-refractivity contribution < 1.29 is 20.1 Å². The van der Waals surface area contributed by atoms with Gasteiger partial charge in [0.2, 0.25) is 5.79 Å². The van der Waals surface area contributed by atoms with Crippen molar-refractivity contribution >= 4 is 0 Å². The van der Waals surface area contributed by atoms with Crippen LogP contribution in [0.4, 0.5) is 0 Å². The molecule has 22 heavy (non-hydrogen) atoms. The number of rotatable bonds is 0. The second kappa shape index (κ2) is 3.75. The van der Waals surface area contributed by atoms with E-state index in [1.54, 1.807) is 6.08 Å². The molecule has 5 heteroatoms. The maximum absolute atomic E-state index is 11.1. The first-order chi connectivity index (χ1) is 10.5. The monoisotopic (exact) mass is 301 g/mol. The molecule has 0 radical (unpaired) electrons. The Hall–Kier alpha value is -1.36. The third kappa shape index (κ3) is 1.20. The molecule has 3 N–H and O–H groups in total. The Balaban J connectivity index is 1.83. The van der Waals surface area contributed by atoms with Crippen LogP contribution < -0.4 is 0 Å². The molecule has 2 fully saturated rings. The van der Waals surface area contributed by atoms with Crippen molar-refractivity contribution in [3.63, 3.8) is 0 Å². The molecule has 1 unspecified atom stereocenters. The number of hydrogen-bond acceptors (Lipinski definition) is 5. The lowest BCUT2D eigenvalue weighted by Gasteiger charge is -2.56. The first kappa shape index (κ1) is 13.1. The maximum atomic E-state index is 11.1. The van der Waals surface area contributed by atoms with Gasteiger partial charge in [0.25, 0.3) is 0 Å². The van der Waals surface area contributed by atoms with Gasteiger partial charge >= 0.3 is 0 Å². The molecule has 0 amide bonds. The zero-order valence-electron chi connectivity index (χ0n) is 12.4. The van der Waals surface area contributed by atoms with Crippen LogP contribution in [-0.2, 0) is 4.74 Å². The number of nitrogens with zero attached hydrogens (tertiary/aromatic N) is 1. The Labute approximate surface area is 128 Å². The molecule has 6 atom stereocenters. The minimum absolute atomic E-state index is 0.0309. The molecule has 0 aromatic carbocycles. The Kier molecular flexibility index (Phi) is 2.24. The van der Waals surface area contributed by atoms with Crippen molar-refractivity contribution in [3.8, 4) is 0 Å². The van der Waals surface area contributed by atoms with Gasteiger partial charge in [0.1, 0.15) is 12.2 Å². The average molecular weight is 301 g/mol. The smallest absolute Gasteiger partial charge is 0.220 e. The van der Waals surface area contributed by atoms with Gasteiger partial charge in [0, 0.05) is 22.9 Å². The number of aliphatic hydroxyl groups is 3. The molecule has 2 aliphatic heterocycles. The lowest BCUT2D eigenvalue weighted by molar-refractivity contribution is -0.217. The van der Waals surface area contributed by atoms with Crippen LogP contribution in [0, 0.1) is 11.3 Å². The minimum atomic E-state index is -1.72. The largest absolute Gasteiger partial charge is 0.502 e. The van der Waals surface area contributed by atoms with Crippen LogP contribution in [0.5, 0.6) is 0 Å². The Morgan fingerprint density at radius 2 is 2.27 bits per heavy atom. The van der Waals surface area contributed by atoms with E-state index in [1.165, 1.54) is 0 Å². The summed E-state index contributed by atoms with van der Waals surface area (Å²) in [6, 6.07) is 0.307. The number of piperidine rings is 1. The van der Waals surface area contributed by atoms with Crippen molar-refractivity contribution in [1.29, 1.82) is 0 Å². The van der Waals surface area contributed by atoms with E-state index in [4.69, 9.17) is 4.74 Å². The quantitative estimate of drug-likeness (QED) is 0.572. The van der Waals surface area contributed by atoms with E-state index in [1.807, 2.05) is 12.2 Å². The van der Waals surface area contributed by atoms with Crippen LogP contribution in [0.25, 0.3) is 0 Å². The summed E-state index contributed by atoms with van der Waals surface area (Å²) in [4.78, 5) is 2.34. The SMILES string of the molecule is CN1CC[C@]23C4=C5C=CC(O)[C@@]4(O)O[C@H]2C(O)=C=C[C@H]3[C@H]1C5. The summed E-state index contributed by atoms with van der Waals surface area (Å²) >= 11 is 0. The fraction of sp³-hybridized carbons (Fsp3) is 0.588. The summed E-state index contributed by atoms with van der Waals surface area (Å²) in [7, 11) is 2.12. The van der Waals surface area contributed by atoms with E-state index in [0.29, 0.717) is 6.04 Å². The number of likely N-dealkylation sites (tertiary alicyclic amines) is 1. The fourth-order valence-electron chi connectivity index (χ4n) is 5.37. The molecule has 5 aliphatic rings. The molecular formula is C17H19NO4. The molecule has 2 heterocycles. The van der Waals surface area contributed by atoms with Crippen LogP contribution in [0.1, 0.15) is 12.8 Å². The summed E-state index contributed by atoms with van der Waals surface area (Å²) < 4.78 is 5.88. The van der Waals surface area contributed by atoms with Gasteiger partial charge in [-0.3, -0.25) is 0 Å². The van der Waals surface area contributed by atoms with Crippen molar-refractivity contribution in [2.75, 3.05) is 13.6 Å². The van der Waals surface area contributed by atoms with Gasteiger partial charge in [-0.15, -0.1) is 0 Å². The lowest BCUT2D eigenvalue weighted by Crippen LogP contribution is -2.60. The van der Waals surface area contributed by atoms with Crippen LogP contribution in [0.2, 0.25) is 0 Å². The van der Waals surface area contributed by atoms with Gasteiger partial charge in [0.15, 0.2) is 5.76 Å².